The Balaban J connectivity index is 1.30. The molecule has 0 spiro atoms. The van der Waals surface area contributed by atoms with Crippen LogP contribution in [0.25, 0.3) is 10.9 Å². The summed E-state index contributed by atoms with van der Waals surface area (Å²) < 4.78 is 11.7. The van der Waals surface area contributed by atoms with Crippen LogP contribution in [0.4, 0.5) is 0 Å². The molecule has 2 amide bonds. The molecule has 41 heavy (non-hydrogen) atoms. The summed E-state index contributed by atoms with van der Waals surface area (Å²) in [6.45, 7) is 1.05. The Bertz CT molecular complexity index is 1640. The van der Waals surface area contributed by atoms with Gasteiger partial charge in [-0.15, -0.1) is 0 Å². The lowest BCUT2D eigenvalue weighted by Crippen LogP contribution is -2.42. The van der Waals surface area contributed by atoms with Gasteiger partial charge in [0, 0.05) is 53.7 Å². The first-order valence-corrected chi connectivity index (χ1v) is 14.1. The first-order valence-electron chi connectivity index (χ1n) is 14.1. The number of amides is 2. The van der Waals surface area contributed by atoms with Crippen molar-refractivity contribution in [2.24, 2.45) is 0 Å². The standard InChI is InChI=1S/C33H33N3O5/c1-40-30-13-10-21-18-28-24(23-6-2-3-9-27(23)35-28)14-15-34-32(38)20-36(16-5-17-41-31(30)19-21)33(39)26-8-4-7-25-22(26)11-12-29(25)37/h2-4,6-10,13,19,35H,5,11-12,14-18,20H2,1H3,(H,34,38). The largest absolute Gasteiger partial charge is 0.493 e. The number of hydrogen-bond acceptors (Lipinski definition) is 5. The van der Waals surface area contributed by atoms with E-state index < -0.39 is 0 Å². The number of methoxy groups -OCH3 is 1. The number of carbonyl (C=O) groups excluding carboxylic acids is 3. The van der Waals surface area contributed by atoms with Crippen molar-refractivity contribution in [3.05, 3.63) is 94.2 Å². The Hall–Kier alpha value is -4.59. The molecule has 8 nitrogen and oxygen atoms in total. The minimum Gasteiger partial charge on any atom is -0.493 e. The average Bonchev–Trinajstić information content (AvgIpc) is 3.53. The van der Waals surface area contributed by atoms with E-state index in [1.807, 2.05) is 30.3 Å². The van der Waals surface area contributed by atoms with E-state index in [1.165, 1.54) is 0 Å². The molecule has 2 N–H and O–H groups in total. The second-order valence-corrected chi connectivity index (χ2v) is 10.6. The van der Waals surface area contributed by atoms with Crippen molar-refractivity contribution in [1.29, 1.82) is 0 Å². The number of hydrogen-bond donors (Lipinski definition) is 2. The highest BCUT2D eigenvalue weighted by atomic mass is 16.5. The maximum Gasteiger partial charge on any atom is 0.254 e. The van der Waals surface area contributed by atoms with Crippen LogP contribution in [0.5, 0.6) is 11.5 Å². The maximum atomic E-state index is 13.7. The number of H-pyrrole nitrogens is 1. The smallest absolute Gasteiger partial charge is 0.254 e. The fourth-order valence-electron chi connectivity index (χ4n) is 5.95. The van der Waals surface area contributed by atoms with Crippen LogP contribution in [0, 0.1) is 0 Å². The van der Waals surface area contributed by atoms with E-state index in [9.17, 15) is 14.4 Å². The highest BCUT2D eigenvalue weighted by Crippen LogP contribution is 2.31. The van der Waals surface area contributed by atoms with Gasteiger partial charge in [0.05, 0.1) is 20.3 Å². The molecule has 6 rings (SSSR count). The first-order chi connectivity index (χ1) is 20.0. The molecule has 8 heteroatoms. The van der Waals surface area contributed by atoms with E-state index in [0.29, 0.717) is 74.4 Å². The minimum absolute atomic E-state index is 0.0570. The van der Waals surface area contributed by atoms with Gasteiger partial charge in [0.2, 0.25) is 5.91 Å². The molecule has 3 aromatic carbocycles. The summed E-state index contributed by atoms with van der Waals surface area (Å²) in [5.74, 6) is 0.879. The topological polar surface area (TPSA) is 101 Å². The molecule has 2 bridgehead atoms. The molecule has 1 aliphatic carbocycles. The maximum absolute atomic E-state index is 13.7. The van der Waals surface area contributed by atoms with Crippen LogP contribution in [0.3, 0.4) is 0 Å². The van der Waals surface area contributed by atoms with Crippen molar-refractivity contribution in [3.8, 4) is 11.5 Å². The molecular formula is C33H33N3O5. The number of ether oxygens (including phenoxy) is 2. The lowest BCUT2D eigenvalue weighted by molar-refractivity contribution is -0.121. The number of benzene rings is 3. The molecule has 0 unspecified atom stereocenters. The molecule has 0 radical (unpaired) electrons. The molecule has 4 aromatic rings. The third-order valence-electron chi connectivity index (χ3n) is 7.97. The number of ketones is 1. The molecule has 2 aliphatic rings. The number of carbonyl (C=O) groups is 3. The third-order valence-corrected chi connectivity index (χ3v) is 7.97. The van der Waals surface area contributed by atoms with Gasteiger partial charge in [-0.1, -0.05) is 36.4 Å². The normalized spacial score (nSPS) is 16.1. The Kier molecular flexibility index (Phi) is 7.46. The van der Waals surface area contributed by atoms with Crippen molar-refractivity contribution in [3.63, 3.8) is 0 Å². The molecule has 1 aliphatic heterocycles. The van der Waals surface area contributed by atoms with Gasteiger partial charge in [-0.3, -0.25) is 14.4 Å². The number of fused-ring (bicyclic) bond motifs is 6. The van der Waals surface area contributed by atoms with E-state index in [0.717, 1.165) is 33.3 Å². The molecule has 0 saturated carbocycles. The van der Waals surface area contributed by atoms with E-state index in [2.05, 4.69) is 22.4 Å². The molecule has 1 aromatic heterocycles. The van der Waals surface area contributed by atoms with E-state index in [4.69, 9.17) is 9.47 Å². The molecule has 210 valence electrons. The van der Waals surface area contributed by atoms with Gasteiger partial charge in [0.25, 0.3) is 5.91 Å². The predicted molar refractivity (Wildman–Crippen MR) is 156 cm³/mol. The fourth-order valence-corrected chi connectivity index (χ4v) is 5.95. The lowest BCUT2D eigenvalue weighted by atomic mass is 10.0. The first kappa shape index (κ1) is 26.6. The number of para-hydroxylation sites is 1. The summed E-state index contributed by atoms with van der Waals surface area (Å²) in [6.07, 6.45) is 2.80. The number of nitrogens with zero attached hydrogens (tertiary/aromatic N) is 1. The summed E-state index contributed by atoms with van der Waals surface area (Å²) in [5.41, 5.74) is 6.26. The molecule has 0 atom stereocenters. The average molecular weight is 552 g/mol. The highest BCUT2D eigenvalue weighted by molar-refractivity contribution is 6.06. The van der Waals surface area contributed by atoms with Crippen LogP contribution < -0.4 is 14.8 Å². The van der Waals surface area contributed by atoms with E-state index in [1.54, 1.807) is 30.2 Å². The van der Waals surface area contributed by atoms with Gasteiger partial charge in [-0.05, 0) is 60.2 Å². The van der Waals surface area contributed by atoms with Gasteiger partial charge < -0.3 is 24.7 Å². The number of rotatable bonds is 2. The zero-order valence-corrected chi connectivity index (χ0v) is 23.1. The number of aromatic nitrogens is 1. The number of Topliss-reactive ketones (excluding diaryl/α,β-unsaturated/α-hetero) is 1. The molecule has 0 fully saturated rings. The minimum atomic E-state index is -0.244. The van der Waals surface area contributed by atoms with Crippen LogP contribution in [-0.4, -0.2) is 60.8 Å². The lowest BCUT2D eigenvalue weighted by Gasteiger charge is -2.24. The van der Waals surface area contributed by atoms with Gasteiger partial charge >= 0.3 is 0 Å². The monoisotopic (exact) mass is 551 g/mol. The van der Waals surface area contributed by atoms with Gasteiger partial charge in [-0.25, -0.2) is 0 Å². The van der Waals surface area contributed by atoms with Crippen molar-refractivity contribution in [1.82, 2.24) is 15.2 Å². The van der Waals surface area contributed by atoms with Crippen LogP contribution in [0.2, 0.25) is 0 Å². The van der Waals surface area contributed by atoms with Gasteiger partial charge in [-0.2, -0.15) is 0 Å². The quantitative estimate of drug-likeness (QED) is 0.383. The summed E-state index contributed by atoms with van der Waals surface area (Å²) in [5, 5.41) is 4.16. The highest BCUT2D eigenvalue weighted by Gasteiger charge is 2.28. The second-order valence-electron chi connectivity index (χ2n) is 10.6. The van der Waals surface area contributed by atoms with E-state index >= 15 is 0 Å². The zero-order chi connectivity index (χ0) is 28.3. The zero-order valence-electron chi connectivity index (χ0n) is 23.1. The summed E-state index contributed by atoms with van der Waals surface area (Å²) in [4.78, 5) is 44.3. The van der Waals surface area contributed by atoms with Crippen molar-refractivity contribution in [2.45, 2.75) is 32.1 Å². The number of nitrogens with one attached hydrogen (secondary N) is 2. The van der Waals surface area contributed by atoms with Crippen LogP contribution in [0.1, 0.15) is 55.9 Å². The molecular weight excluding hydrogens is 518 g/mol. The Morgan fingerprint density at radius 2 is 1.85 bits per heavy atom. The molecule has 2 heterocycles. The van der Waals surface area contributed by atoms with Crippen LogP contribution in [-0.2, 0) is 24.1 Å². The van der Waals surface area contributed by atoms with Crippen molar-refractivity contribution in [2.75, 3.05) is 33.4 Å². The second kappa shape index (κ2) is 11.5. The SMILES string of the molecule is COc1ccc2cc1OCCCN(C(=O)c1cccc3c1CCC3=O)CC(=O)NCCc1c([nH]c3ccccc13)C2. The van der Waals surface area contributed by atoms with Crippen LogP contribution >= 0.6 is 0 Å². The Morgan fingerprint density at radius 1 is 0.976 bits per heavy atom. The Morgan fingerprint density at radius 3 is 2.73 bits per heavy atom. The van der Waals surface area contributed by atoms with Gasteiger partial charge in [0.15, 0.2) is 17.3 Å². The summed E-state index contributed by atoms with van der Waals surface area (Å²) >= 11 is 0. The summed E-state index contributed by atoms with van der Waals surface area (Å²) in [6, 6.07) is 19.4. The van der Waals surface area contributed by atoms with Crippen molar-refractivity contribution < 1.29 is 23.9 Å². The van der Waals surface area contributed by atoms with Crippen molar-refractivity contribution >= 4 is 28.5 Å². The summed E-state index contributed by atoms with van der Waals surface area (Å²) in [7, 11) is 1.62. The third kappa shape index (κ3) is 5.42. The number of aromatic amines is 1. The van der Waals surface area contributed by atoms with Gasteiger partial charge in [0.1, 0.15) is 0 Å². The van der Waals surface area contributed by atoms with E-state index in [-0.39, 0.29) is 24.1 Å². The molecule has 0 saturated heterocycles. The predicted octanol–water partition coefficient (Wildman–Crippen LogP) is 4.48. The Labute approximate surface area is 238 Å². The van der Waals surface area contributed by atoms with Crippen LogP contribution in [0.15, 0.2) is 60.7 Å². The fraction of sp³-hybridized carbons (Fsp3) is 0.303.